The summed E-state index contributed by atoms with van der Waals surface area (Å²) in [6.45, 7) is 9.61. The molecule has 0 fully saturated rings. The van der Waals surface area contributed by atoms with Crippen molar-refractivity contribution in [3.05, 3.63) is 22.4 Å². The molecule has 0 aromatic carbocycles. The molecule has 17 heavy (non-hydrogen) atoms. The molecule has 4 heteroatoms. The van der Waals surface area contributed by atoms with E-state index in [0.717, 1.165) is 23.1 Å². The third-order valence-electron chi connectivity index (χ3n) is 2.42. The normalized spacial score (nSPS) is 12.2. The zero-order valence-corrected chi connectivity index (χ0v) is 12.7. The van der Waals surface area contributed by atoms with Crippen LogP contribution in [0.4, 0.5) is 0 Å². The van der Waals surface area contributed by atoms with Crippen molar-refractivity contribution in [1.29, 1.82) is 0 Å². The van der Waals surface area contributed by atoms with E-state index in [9.17, 15) is 0 Å². The van der Waals surface area contributed by atoms with Crippen molar-refractivity contribution < 1.29 is 0 Å². The number of nitrogens with zero attached hydrogens (tertiary/aromatic N) is 2. The van der Waals surface area contributed by atoms with Crippen LogP contribution in [-0.2, 0) is 0 Å². The molecule has 0 aliphatic carbocycles. The minimum absolute atomic E-state index is 0.384. The van der Waals surface area contributed by atoms with E-state index in [0.29, 0.717) is 12.1 Å². The Labute approximate surface area is 112 Å². The molecular weight excluding hydrogens is 278 g/mol. The highest BCUT2D eigenvalue weighted by atomic mass is 79.9. The second-order valence-corrected chi connectivity index (χ2v) is 5.57. The van der Waals surface area contributed by atoms with Crippen LogP contribution in [0.3, 0.4) is 0 Å². The molecule has 0 unspecified atom stereocenters. The molecule has 3 nitrogen and oxygen atoms in total. The summed E-state index contributed by atoms with van der Waals surface area (Å²) < 4.78 is 3.08. The second-order valence-electron chi connectivity index (χ2n) is 4.72. The number of nitrogens with one attached hydrogen (secondary N) is 1. The Balaban J connectivity index is 2.55. The lowest BCUT2D eigenvalue weighted by Crippen LogP contribution is -2.23. The van der Waals surface area contributed by atoms with Gasteiger partial charge < -0.3 is 5.32 Å². The molecule has 1 N–H and O–H groups in total. The number of hydrogen-bond acceptors (Lipinski definition) is 2. The third-order valence-corrected chi connectivity index (χ3v) is 3.03. The van der Waals surface area contributed by atoms with Gasteiger partial charge in [0, 0.05) is 12.1 Å². The van der Waals surface area contributed by atoms with Gasteiger partial charge in [-0.2, -0.15) is 5.10 Å². The van der Waals surface area contributed by atoms with Gasteiger partial charge in [-0.15, -0.1) is 0 Å². The van der Waals surface area contributed by atoms with Crippen LogP contribution >= 0.6 is 15.9 Å². The van der Waals surface area contributed by atoms with E-state index in [1.807, 2.05) is 10.9 Å². The van der Waals surface area contributed by atoms with Gasteiger partial charge in [-0.1, -0.05) is 19.9 Å². The summed E-state index contributed by atoms with van der Waals surface area (Å²) in [5, 5.41) is 7.74. The lowest BCUT2D eigenvalue weighted by molar-refractivity contribution is 0.528. The van der Waals surface area contributed by atoms with E-state index in [-0.39, 0.29) is 0 Å². The van der Waals surface area contributed by atoms with Gasteiger partial charge in [-0.05, 0) is 48.8 Å². The summed E-state index contributed by atoms with van der Waals surface area (Å²) in [6.07, 6.45) is 7.22. The fraction of sp³-hybridized carbons (Fsp3) is 0.615. The van der Waals surface area contributed by atoms with Crippen LogP contribution in [-0.4, -0.2) is 22.4 Å². The molecule has 0 aliphatic rings. The molecule has 0 spiro atoms. The van der Waals surface area contributed by atoms with Crippen molar-refractivity contribution in [1.82, 2.24) is 15.1 Å². The Morgan fingerprint density at radius 1 is 1.41 bits per heavy atom. The van der Waals surface area contributed by atoms with Gasteiger partial charge in [0.05, 0.1) is 16.4 Å². The van der Waals surface area contributed by atoms with E-state index >= 15 is 0 Å². The molecule has 0 atom stereocenters. The summed E-state index contributed by atoms with van der Waals surface area (Å²) in [5.41, 5.74) is 1.14. The van der Waals surface area contributed by atoms with Gasteiger partial charge in [0.15, 0.2) is 0 Å². The van der Waals surface area contributed by atoms with Crippen LogP contribution in [0, 0.1) is 0 Å². The number of halogens is 1. The summed E-state index contributed by atoms with van der Waals surface area (Å²) in [4.78, 5) is 0. The highest BCUT2D eigenvalue weighted by molar-refractivity contribution is 9.10. The lowest BCUT2D eigenvalue weighted by atomic mass is 10.3. The number of hydrogen-bond donors (Lipinski definition) is 1. The van der Waals surface area contributed by atoms with Crippen molar-refractivity contribution in [2.75, 3.05) is 6.54 Å². The first-order chi connectivity index (χ1) is 8.02. The van der Waals surface area contributed by atoms with Gasteiger partial charge in [-0.3, -0.25) is 4.68 Å². The summed E-state index contributed by atoms with van der Waals surface area (Å²) in [6, 6.07) is 0.936. The quantitative estimate of drug-likeness (QED) is 0.813. The standard InChI is InChI=1S/C13H22BrN3/c1-10(2)15-8-6-5-7-13-12(14)9-16-17(13)11(3)4/h5,7,9-11,15H,6,8H2,1-4H3/b7-5+. The zero-order valence-electron chi connectivity index (χ0n) is 11.1. The first kappa shape index (κ1) is 14.5. The van der Waals surface area contributed by atoms with Crippen molar-refractivity contribution in [2.45, 2.75) is 46.2 Å². The number of rotatable bonds is 6. The molecule has 0 saturated carbocycles. The van der Waals surface area contributed by atoms with E-state index in [4.69, 9.17) is 0 Å². The van der Waals surface area contributed by atoms with Crippen LogP contribution in [0.1, 0.15) is 45.9 Å². The lowest BCUT2D eigenvalue weighted by Gasteiger charge is -2.08. The first-order valence-corrected chi connectivity index (χ1v) is 6.94. The molecule has 1 heterocycles. The molecule has 1 rings (SSSR count). The Morgan fingerprint density at radius 2 is 2.12 bits per heavy atom. The van der Waals surface area contributed by atoms with Crippen LogP contribution < -0.4 is 5.32 Å². The third kappa shape index (κ3) is 4.64. The fourth-order valence-electron chi connectivity index (χ4n) is 1.57. The molecule has 0 bridgehead atoms. The van der Waals surface area contributed by atoms with E-state index in [1.165, 1.54) is 0 Å². The first-order valence-electron chi connectivity index (χ1n) is 6.15. The molecule has 0 aliphatic heterocycles. The summed E-state index contributed by atoms with van der Waals surface area (Å²) in [5.74, 6) is 0. The maximum absolute atomic E-state index is 4.35. The molecule has 96 valence electrons. The molecule has 0 saturated heterocycles. The second kappa shape index (κ2) is 6.97. The van der Waals surface area contributed by atoms with Crippen LogP contribution in [0.25, 0.3) is 6.08 Å². The molecule has 0 amide bonds. The zero-order chi connectivity index (χ0) is 12.8. The van der Waals surface area contributed by atoms with Crippen LogP contribution in [0.5, 0.6) is 0 Å². The predicted octanol–water partition coefficient (Wildman–Crippen LogP) is 3.63. The maximum atomic E-state index is 4.35. The molecule has 1 aromatic rings. The van der Waals surface area contributed by atoms with E-state index < -0.39 is 0 Å². The fourth-order valence-corrected chi connectivity index (χ4v) is 1.97. The molecule has 0 radical (unpaired) electrons. The van der Waals surface area contributed by atoms with Gasteiger partial charge in [0.2, 0.25) is 0 Å². The van der Waals surface area contributed by atoms with Crippen molar-refractivity contribution in [3.8, 4) is 0 Å². The SMILES string of the molecule is CC(C)NCC/C=C/c1c(Br)cnn1C(C)C. The predicted molar refractivity (Wildman–Crippen MR) is 77.1 cm³/mol. The minimum atomic E-state index is 0.384. The monoisotopic (exact) mass is 299 g/mol. The van der Waals surface area contributed by atoms with E-state index in [1.54, 1.807) is 0 Å². The summed E-state index contributed by atoms with van der Waals surface area (Å²) >= 11 is 3.53. The largest absolute Gasteiger partial charge is 0.314 e. The Bertz CT molecular complexity index is 367. The smallest absolute Gasteiger partial charge is 0.0752 e. The number of aromatic nitrogens is 2. The van der Waals surface area contributed by atoms with Crippen molar-refractivity contribution in [2.24, 2.45) is 0 Å². The topological polar surface area (TPSA) is 29.9 Å². The Kier molecular flexibility index (Phi) is 5.92. The van der Waals surface area contributed by atoms with Gasteiger partial charge in [0.25, 0.3) is 0 Å². The van der Waals surface area contributed by atoms with Crippen LogP contribution in [0.2, 0.25) is 0 Å². The van der Waals surface area contributed by atoms with Gasteiger partial charge >= 0.3 is 0 Å². The van der Waals surface area contributed by atoms with Crippen molar-refractivity contribution >= 4 is 22.0 Å². The Hall–Kier alpha value is -0.610. The highest BCUT2D eigenvalue weighted by Crippen LogP contribution is 2.20. The summed E-state index contributed by atoms with van der Waals surface area (Å²) in [7, 11) is 0. The maximum Gasteiger partial charge on any atom is 0.0752 e. The van der Waals surface area contributed by atoms with Gasteiger partial charge in [0.1, 0.15) is 0 Å². The minimum Gasteiger partial charge on any atom is -0.314 e. The van der Waals surface area contributed by atoms with Crippen LogP contribution in [0.15, 0.2) is 16.7 Å². The van der Waals surface area contributed by atoms with Crippen molar-refractivity contribution in [3.63, 3.8) is 0 Å². The van der Waals surface area contributed by atoms with E-state index in [2.05, 4.69) is 66.2 Å². The highest BCUT2D eigenvalue weighted by Gasteiger charge is 2.07. The average molecular weight is 300 g/mol. The average Bonchev–Trinajstić information content (AvgIpc) is 2.59. The molecular formula is C13H22BrN3. The Morgan fingerprint density at radius 3 is 2.71 bits per heavy atom. The molecule has 1 aromatic heterocycles. The van der Waals surface area contributed by atoms with Gasteiger partial charge in [-0.25, -0.2) is 0 Å².